The van der Waals surface area contributed by atoms with Gasteiger partial charge >= 0.3 is 24.1 Å². The van der Waals surface area contributed by atoms with E-state index in [1.807, 2.05) is 0 Å². The van der Waals surface area contributed by atoms with Crippen molar-refractivity contribution < 1.29 is 54.7 Å². The number of hydrogen-bond acceptors (Lipinski definition) is 8. The van der Waals surface area contributed by atoms with Gasteiger partial charge in [-0.2, -0.15) is 21.6 Å². The van der Waals surface area contributed by atoms with Gasteiger partial charge in [0.15, 0.2) is 6.61 Å². The monoisotopic (exact) mass is 566 g/mol. The number of ether oxygens (including phenoxy) is 3. The first kappa shape index (κ1) is 25.8. The van der Waals surface area contributed by atoms with Gasteiger partial charge in [-0.1, -0.05) is 6.58 Å². The van der Waals surface area contributed by atoms with Gasteiger partial charge in [0.25, 0.3) is 10.1 Å². The maximum atomic E-state index is 12.8. The van der Waals surface area contributed by atoms with Gasteiger partial charge < -0.3 is 14.2 Å². The molecule has 1 N–H and O–H groups in total. The highest BCUT2D eigenvalue weighted by atomic mass is 127. The van der Waals surface area contributed by atoms with Gasteiger partial charge in [0, 0.05) is 5.57 Å². The second-order valence-electron chi connectivity index (χ2n) is 5.66. The highest BCUT2D eigenvalue weighted by molar-refractivity contribution is 14.1. The van der Waals surface area contributed by atoms with E-state index in [4.69, 9.17) is 9.29 Å². The van der Waals surface area contributed by atoms with Crippen molar-refractivity contribution in [2.75, 3.05) is 12.4 Å². The lowest BCUT2D eigenvalue weighted by molar-refractivity contribution is -0.197. The molecule has 166 valence electrons. The summed E-state index contributed by atoms with van der Waals surface area (Å²) in [6, 6.07) is 3.06. The molecule has 9 nitrogen and oxygen atoms in total. The van der Waals surface area contributed by atoms with E-state index in [0.29, 0.717) is 0 Å². The molecule has 0 bridgehead atoms. The van der Waals surface area contributed by atoms with E-state index >= 15 is 0 Å². The third kappa shape index (κ3) is 8.66. The Bertz CT molecular complexity index is 957. The zero-order valence-electron chi connectivity index (χ0n) is 15.1. The number of rotatable bonds is 8. The number of benzene rings is 1. The first-order valence-corrected chi connectivity index (χ1v) is 10.3. The summed E-state index contributed by atoms with van der Waals surface area (Å²) in [5, 5.41) is 0. The van der Waals surface area contributed by atoms with Crippen LogP contribution >= 0.6 is 22.6 Å². The third-order valence-corrected chi connectivity index (χ3v) is 4.60. The van der Waals surface area contributed by atoms with E-state index in [9.17, 15) is 36.0 Å². The Hall–Kier alpha value is -2.20. The Morgan fingerprint density at radius 2 is 1.87 bits per heavy atom. The standard InChI is InChI=1S/C16H14F3IO9S/c1-8(2)14(22)27-6-13(21)28-11-4-3-9(5-10(11)20)15(23)29-12(16(17,18)19)7-30(24,25)26/h3-5,12H,1,6-7H2,2H3,(H,24,25,26). The van der Waals surface area contributed by atoms with Gasteiger partial charge in [-0.15, -0.1) is 0 Å². The topological polar surface area (TPSA) is 133 Å². The maximum absolute atomic E-state index is 12.8. The summed E-state index contributed by atoms with van der Waals surface area (Å²) in [6.45, 7) is 3.96. The van der Waals surface area contributed by atoms with Gasteiger partial charge in [0.1, 0.15) is 11.5 Å². The van der Waals surface area contributed by atoms with Crippen LogP contribution in [0.15, 0.2) is 30.4 Å². The predicted molar refractivity (Wildman–Crippen MR) is 102 cm³/mol. The quantitative estimate of drug-likeness (QED) is 0.166. The molecule has 0 aromatic heterocycles. The van der Waals surface area contributed by atoms with Gasteiger partial charge in [-0.25, -0.2) is 14.4 Å². The largest absolute Gasteiger partial charge is 0.450 e. The van der Waals surface area contributed by atoms with Crippen molar-refractivity contribution >= 4 is 50.6 Å². The predicted octanol–water partition coefficient (Wildman–Crippen LogP) is 2.29. The van der Waals surface area contributed by atoms with E-state index in [1.54, 1.807) is 22.6 Å². The van der Waals surface area contributed by atoms with Crippen LogP contribution < -0.4 is 4.74 Å². The molecule has 14 heteroatoms. The summed E-state index contributed by atoms with van der Waals surface area (Å²) in [4.78, 5) is 34.8. The molecule has 0 fully saturated rings. The molecule has 1 atom stereocenters. The number of alkyl halides is 3. The molecule has 0 spiro atoms. The normalized spacial score (nSPS) is 12.6. The molecule has 0 aliphatic rings. The highest BCUT2D eigenvalue weighted by Gasteiger charge is 2.45. The summed E-state index contributed by atoms with van der Waals surface area (Å²) in [6.07, 6.45) is -8.33. The SMILES string of the molecule is C=C(C)C(=O)OCC(=O)Oc1ccc(C(=O)OC(CS(=O)(=O)O)C(F)(F)F)cc1I. The molecule has 0 radical (unpaired) electrons. The fraction of sp³-hybridized carbons (Fsp3) is 0.312. The fourth-order valence-corrected chi connectivity index (χ4v) is 2.96. The molecule has 0 heterocycles. The Balaban J connectivity index is 2.87. The van der Waals surface area contributed by atoms with E-state index in [-0.39, 0.29) is 14.9 Å². The maximum Gasteiger partial charge on any atom is 0.426 e. The van der Waals surface area contributed by atoms with Crippen molar-refractivity contribution in [3.63, 3.8) is 0 Å². The van der Waals surface area contributed by atoms with Crippen molar-refractivity contribution in [3.05, 3.63) is 39.5 Å². The zero-order chi connectivity index (χ0) is 23.3. The molecule has 0 aliphatic carbocycles. The van der Waals surface area contributed by atoms with Gasteiger partial charge in [0.2, 0.25) is 6.10 Å². The first-order chi connectivity index (χ1) is 13.6. The highest BCUT2D eigenvalue weighted by Crippen LogP contribution is 2.27. The molecule has 1 rings (SSSR count). The molecule has 1 unspecified atom stereocenters. The van der Waals surface area contributed by atoms with E-state index in [0.717, 1.165) is 18.2 Å². The fourth-order valence-electron chi connectivity index (χ4n) is 1.69. The summed E-state index contributed by atoms with van der Waals surface area (Å²) in [5.41, 5.74) is -0.344. The van der Waals surface area contributed by atoms with Crippen LogP contribution in [0.1, 0.15) is 17.3 Å². The van der Waals surface area contributed by atoms with Crippen LogP contribution in [0.25, 0.3) is 0 Å². The zero-order valence-corrected chi connectivity index (χ0v) is 18.0. The molecule has 1 aromatic rings. The summed E-state index contributed by atoms with van der Waals surface area (Å²) < 4.78 is 82.3. The molecular formula is C16H14F3IO9S. The second-order valence-corrected chi connectivity index (χ2v) is 8.32. The van der Waals surface area contributed by atoms with Crippen LogP contribution in [0.2, 0.25) is 0 Å². The van der Waals surface area contributed by atoms with Gasteiger partial charge in [0.05, 0.1) is 9.13 Å². The molecule has 0 aliphatic heterocycles. The van der Waals surface area contributed by atoms with Gasteiger partial charge in [-0.3, -0.25) is 4.55 Å². The average molecular weight is 566 g/mol. The summed E-state index contributed by atoms with van der Waals surface area (Å²) in [5.74, 6) is -5.26. The number of carbonyl (C=O) groups is 3. The lowest BCUT2D eigenvalue weighted by Crippen LogP contribution is -2.39. The summed E-state index contributed by atoms with van der Waals surface area (Å²) in [7, 11) is -5.08. The minimum Gasteiger partial charge on any atom is -0.450 e. The number of carbonyl (C=O) groups excluding carboxylic acids is 3. The van der Waals surface area contributed by atoms with Crippen LogP contribution in [0.4, 0.5) is 13.2 Å². The van der Waals surface area contributed by atoms with E-state index < -0.39 is 58.2 Å². The number of esters is 3. The molecule has 0 saturated carbocycles. The molecule has 0 amide bonds. The number of halogens is 4. The number of hydrogen-bond donors (Lipinski definition) is 1. The third-order valence-electron chi connectivity index (χ3n) is 3.04. The van der Waals surface area contributed by atoms with E-state index in [1.165, 1.54) is 6.92 Å². The average Bonchev–Trinajstić information content (AvgIpc) is 2.58. The smallest absolute Gasteiger partial charge is 0.426 e. The Morgan fingerprint density at radius 3 is 2.33 bits per heavy atom. The van der Waals surface area contributed by atoms with Crippen LogP contribution in [0.3, 0.4) is 0 Å². The lowest BCUT2D eigenvalue weighted by atomic mass is 10.2. The Kier molecular flexibility index (Phi) is 8.79. The molecule has 30 heavy (non-hydrogen) atoms. The van der Waals surface area contributed by atoms with E-state index in [2.05, 4.69) is 16.1 Å². The van der Waals surface area contributed by atoms with Crippen molar-refractivity contribution in [1.82, 2.24) is 0 Å². The van der Waals surface area contributed by atoms with Crippen molar-refractivity contribution in [1.29, 1.82) is 0 Å². The Morgan fingerprint density at radius 1 is 1.27 bits per heavy atom. The van der Waals surface area contributed by atoms with Crippen molar-refractivity contribution in [2.24, 2.45) is 0 Å². The van der Waals surface area contributed by atoms with Crippen LogP contribution in [-0.2, 0) is 29.2 Å². The molecule has 1 aromatic carbocycles. The van der Waals surface area contributed by atoms with Crippen LogP contribution in [-0.4, -0.2) is 55.5 Å². The van der Waals surface area contributed by atoms with Crippen LogP contribution in [0, 0.1) is 3.57 Å². The Labute approximate surface area is 182 Å². The van der Waals surface area contributed by atoms with Crippen molar-refractivity contribution in [3.8, 4) is 5.75 Å². The molecule has 0 saturated heterocycles. The summed E-state index contributed by atoms with van der Waals surface area (Å²) >= 11 is 1.61. The lowest BCUT2D eigenvalue weighted by Gasteiger charge is -2.19. The second kappa shape index (κ2) is 10.2. The minimum absolute atomic E-state index is 0.0615. The molecular weight excluding hydrogens is 552 g/mol. The first-order valence-electron chi connectivity index (χ1n) is 7.66. The van der Waals surface area contributed by atoms with Crippen LogP contribution in [0.5, 0.6) is 5.75 Å². The minimum atomic E-state index is -5.24. The van der Waals surface area contributed by atoms with Crippen molar-refractivity contribution in [2.45, 2.75) is 19.2 Å². The van der Waals surface area contributed by atoms with Gasteiger partial charge in [-0.05, 0) is 47.7 Å².